The van der Waals surface area contributed by atoms with E-state index < -0.39 is 11.7 Å². The maximum Gasteiger partial charge on any atom is 0.224 e. The Morgan fingerprint density at radius 2 is 1.95 bits per heavy atom. The summed E-state index contributed by atoms with van der Waals surface area (Å²) in [5.74, 6) is 0.702. The zero-order chi connectivity index (χ0) is 16.9. The maximum atomic E-state index is 12.2. The standard InChI is InChI=1S/C18H27NO3/c1-10-8-12-14(16(21)18(6,7)22-12)11(2)15(10)19-13(20)9-17(3,4)5/h8,16,21H,9H2,1-7H3,(H,19,20). The van der Waals surface area contributed by atoms with Crippen LogP contribution in [-0.2, 0) is 4.79 Å². The van der Waals surface area contributed by atoms with Gasteiger partial charge in [-0.15, -0.1) is 0 Å². The molecular formula is C18H27NO3. The fourth-order valence-corrected chi connectivity index (χ4v) is 2.93. The van der Waals surface area contributed by atoms with Gasteiger partial charge in [0.1, 0.15) is 17.5 Å². The number of aliphatic hydroxyl groups is 1. The molecule has 1 aliphatic rings. The first-order valence-electron chi connectivity index (χ1n) is 7.73. The topological polar surface area (TPSA) is 58.6 Å². The lowest BCUT2D eigenvalue weighted by Gasteiger charge is -2.22. The van der Waals surface area contributed by atoms with Crippen LogP contribution in [0.5, 0.6) is 5.75 Å². The number of rotatable bonds is 2. The normalized spacial score (nSPS) is 19.5. The number of benzene rings is 1. The minimum Gasteiger partial charge on any atom is -0.484 e. The Morgan fingerprint density at radius 1 is 1.36 bits per heavy atom. The molecule has 0 saturated carbocycles. The third-order valence-electron chi connectivity index (χ3n) is 4.05. The van der Waals surface area contributed by atoms with Crippen LogP contribution >= 0.6 is 0 Å². The van der Waals surface area contributed by atoms with Crippen LogP contribution in [0, 0.1) is 19.3 Å². The molecule has 0 radical (unpaired) electrons. The minimum absolute atomic E-state index is 0.00804. The first-order chi connectivity index (χ1) is 9.92. The van der Waals surface area contributed by atoms with E-state index in [0.717, 1.165) is 22.4 Å². The van der Waals surface area contributed by atoms with Gasteiger partial charge in [0.25, 0.3) is 0 Å². The van der Waals surface area contributed by atoms with Gasteiger partial charge in [0.15, 0.2) is 0 Å². The van der Waals surface area contributed by atoms with Crippen molar-refractivity contribution in [3.63, 3.8) is 0 Å². The fourth-order valence-electron chi connectivity index (χ4n) is 2.93. The third-order valence-corrected chi connectivity index (χ3v) is 4.05. The number of fused-ring (bicyclic) bond motifs is 1. The van der Waals surface area contributed by atoms with Gasteiger partial charge in [-0.05, 0) is 50.3 Å². The smallest absolute Gasteiger partial charge is 0.224 e. The highest BCUT2D eigenvalue weighted by atomic mass is 16.5. The van der Waals surface area contributed by atoms with Gasteiger partial charge in [-0.3, -0.25) is 4.79 Å². The molecule has 4 nitrogen and oxygen atoms in total. The van der Waals surface area contributed by atoms with Crippen LogP contribution < -0.4 is 10.1 Å². The molecule has 122 valence electrons. The molecule has 1 aliphatic heterocycles. The summed E-state index contributed by atoms with van der Waals surface area (Å²) in [5, 5.41) is 13.5. The molecule has 0 aromatic heterocycles. The molecule has 0 spiro atoms. The first kappa shape index (κ1) is 16.8. The van der Waals surface area contributed by atoms with Crippen molar-refractivity contribution in [1.29, 1.82) is 0 Å². The Kier molecular flexibility index (Phi) is 4.03. The molecule has 1 atom stereocenters. The number of anilines is 1. The zero-order valence-corrected chi connectivity index (χ0v) is 14.6. The number of carbonyl (C=O) groups excluding carboxylic acids is 1. The van der Waals surface area contributed by atoms with E-state index in [1.807, 2.05) is 54.5 Å². The molecule has 22 heavy (non-hydrogen) atoms. The number of hydrogen-bond acceptors (Lipinski definition) is 3. The Bertz CT molecular complexity index is 612. The number of hydrogen-bond donors (Lipinski definition) is 2. The molecule has 0 fully saturated rings. The van der Waals surface area contributed by atoms with Crippen molar-refractivity contribution in [2.75, 3.05) is 5.32 Å². The average molecular weight is 305 g/mol. The van der Waals surface area contributed by atoms with Crippen molar-refractivity contribution in [2.24, 2.45) is 5.41 Å². The van der Waals surface area contributed by atoms with Crippen molar-refractivity contribution < 1.29 is 14.6 Å². The third kappa shape index (κ3) is 3.12. The molecule has 1 heterocycles. The second kappa shape index (κ2) is 5.27. The molecule has 1 aromatic carbocycles. The Labute approximate surface area is 132 Å². The van der Waals surface area contributed by atoms with E-state index in [2.05, 4.69) is 5.32 Å². The van der Waals surface area contributed by atoms with E-state index >= 15 is 0 Å². The summed E-state index contributed by atoms with van der Waals surface area (Å²) in [6.07, 6.45) is -0.241. The van der Waals surface area contributed by atoms with Crippen LogP contribution in [0.15, 0.2) is 6.07 Å². The Hall–Kier alpha value is -1.55. The van der Waals surface area contributed by atoms with Crippen molar-refractivity contribution in [2.45, 2.75) is 66.6 Å². The van der Waals surface area contributed by atoms with Crippen LogP contribution in [0.2, 0.25) is 0 Å². The maximum absolute atomic E-state index is 12.2. The van der Waals surface area contributed by atoms with Crippen molar-refractivity contribution in [3.05, 3.63) is 22.8 Å². The largest absolute Gasteiger partial charge is 0.484 e. The van der Waals surface area contributed by atoms with Gasteiger partial charge in [0.05, 0.1) is 0 Å². The molecule has 2 rings (SSSR count). The van der Waals surface area contributed by atoms with Crippen LogP contribution in [0.1, 0.15) is 63.8 Å². The molecule has 2 N–H and O–H groups in total. The monoisotopic (exact) mass is 305 g/mol. The average Bonchev–Trinajstić information content (AvgIpc) is 2.53. The summed E-state index contributed by atoms with van der Waals surface area (Å²) in [6.45, 7) is 13.7. The van der Waals surface area contributed by atoms with E-state index in [0.29, 0.717) is 12.2 Å². The predicted molar refractivity (Wildman–Crippen MR) is 88.3 cm³/mol. The van der Waals surface area contributed by atoms with Gasteiger partial charge in [-0.25, -0.2) is 0 Å². The van der Waals surface area contributed by atoms with Gasteiger partial charge in [-0.2, -0.15) is 0 Å². The van der Waals surface area contributed by atoms with E-state index in [-0.39, 0.29) is 11.3 Å². The van der Waals surface area contributed by atoms with Gasteiger partial charge in [0, 0.05) is 17.7 Å². The number of aryl methyl sites for hydroxylation is 1. The Morgan fingerprint density at radius 3 is 2.50 bits per heavy atom. The first-order valence-corrected chi connectivity index (χ1v) is 7.73. The van der Waals surface area contributed by atoms with E-state index in [9.17, 15) is 9.90 Å². The van der Waals surface area contributed by atoms with Crippen LogP contribution in [-0.4, -0.2) is 16.6 Å². The number of aliphatic hydroxyl groups excluding tert-OH is 1. The van der Waals surface area contributed by atoms with E-state index in [4.69, 9.17) is 4.74 Å². The molecule has 1 amide bonds. The second-order valence-corrected chi connectivity index (χ2v) is 8.00. The van der Waals surface area contributed by atoms with Crippen LogP contribution in [0.3, 0.4) is 0 Å². The quantitative estimate of drug-likeness (QED) is 0.871. The molecule has 0 aliphatic carbocycles. The lowest BCUT2D eigenvalue weighted by atomic mass is 9.90. The van der Waals surface area contributed by atoms with Crippen molar-refractivity contribution in [3.8, 4) is 5.75 Å². The summed E-state index contributed by atoms with van der Waals surface area (Å²) in [4.78, 5) is 12.2. The molecular weight excluding hydrogens is 278 g/mol. The number of ether oxygens (including phenoxy) is 1. The SMILES string of the molecule is Cc1cc2c(c(C)c1NC(=O)CC(C)(C)C)C(O)C(C)(C)O2. The molecule has 0 bridgehead atoms. The molecule has 1 aromatic rings. The predicted octanol–water partition coefficient (Wildman–Crippen LogP) is 3.88. The highest BCUT2D eigenvalue weighted by Crippen LogP contribution is 2.47. The van der Waals surface area contributed by atoms with E-state index in [1.165, 1.54) is 0 Å². The molecule has 1 unspecified atom stereocenters. The lowest BCUT2D eigenvalue weighted by Crippen LogP contribution is -2.30. The summed E-state index contributed by atoms with van der Waals surface area (Å²) in [7, 11) is 0. The summed E-state index contributed by atoms with van der Waals surface area (Å²) in [6, 6.07) is 1.90. The summed E-state index contributed by atoms with van der Waals surface area (Å²) >= 11 is 0. The van der Waals surface area contributed by atoms with Gasteiger partial charge < -0.3 is 15.2 Å². The number of nitrogens with one attached hydrogen (secondary N) is 1. The summed E-state index contributed by atoms with van der Waals surface area (Å²) < 4.78 is 5.85. The van der Waals surface area contributed by atoms with Gasteiger partial charge in [-0.1, -0.05) is 20.8 Å². The Balaban J connectivity index is 2.36. The van der Waals surface area contributed by atoms with Crippen molar-refractivity contribution in [1.82, 2.24) is 0 Å². The highest BCUT2D eigenvalue weighted by molar-refractivity contribution is 5.93. The van der Waals surface area contributed by atoms with Gasteiger partial charge >= 0.3 is 0 Å². The summed E-state index contributed by atoms with van der Waals surface area (Å²) in [5.41, 5.74) is 2.69. The van der Waals surface area contributed by atoms with Crippen LogP contribution in [0.25, 0.3) is 0 Å². The molecule has 4 heteroatoms. The minimum atomic E-state index is -0.693. The zero-order valence-electron chi connectivity index (χ0n) is 14.6. The second-order valence-electron chi connectivity index (χ2n) is 8.00. The molecule has 0 saturated heterocycles. The van der Waals surface area contributed by atoms with Crippen LogP contribution in [0.4, 0.5) is 5.69 Å². The van der Waals surface area contributed by atoms with Gasteiger partial charge in [0.2, 0.25) is 5.91 Å². The number of carbonyl (C=O) groups is 1. The fraction of sp³-hybridized carbons (Fsp3) is 0.611. The highest BCUT2D eigenvalue weighted by Gasteiger charge is 2.41. The number of amides is 1. The van der Waals surface area contributed by atoms with Crippen molar-refractivity contribution >= 4 is 11.6 Å². The van der Waals surface area contributed by atoms with E-state index in [1.54, 1.807) is 0 Å². The lowest BCUT2D eigenvalue weighted by molar-refractivity contribution is -0.117.